The molecule has 0 aromatic rings. The molecule has 0 aliphatic carbocycles. The minimum Gasteiger partial charge on any atom is -0.356 e. The maximum atomic E-state index is 12.1. The van der Waals surface area contributed by atoms with Gasteiger partial charge in [0.2, 0.25) is 5.91 Å². The van der Waals surface area contributed by atoms with Crippen LogP contribution >= 0.6 is 24.0 Å². The van der Waals surface area contributed by atoms with Gasteiger partial charge < -0.3 is 20.9 Å². The number of aliphatic imine (C=N–C) groups is 1. The lowest BCUT2D eigenvalue weighted by Gasteiger charge is -2.39. The minimum absolute atomic E-state index is 0. The van der Waals surface area contributed by atoms with Gasteiger partial charge in [-0.25, -0.2) is 4.79 Å². The zero-order chi connectivity index (χ0) is 20.2. The summed E-state index contributed by atoms with van der Waals surface area (Å²) >= 11 is 0. The average Bonchev–Trinajstić information content (AvgIpc) is 2.83. The van der Waals surface area contributed by atoms with E-state index in [1.54, 1.807) is 14.0 Å². The number of nitrogens with zero attached hydrogens (tertiary/aromatic N) is 2. The molecule has 0 bridgehead atoms. The van der Waals surface area contributed by atoms with Crippen molar-refractivity contribution in [1.82, 2.24) is 26.2 Å². The lowest BCUT2D eigenvalue weighted by atomic mass is 9.79. The van der Waals surface area contributed by atoms with E-state index < -0.39 is 11.6 Å². The van der Waals surface area contributed by atoms with E-state index >= 15 is 0 Å². The van der Waals surface area contributed by atoms with Crippen LogP contribution in [0.1, 0.15) is 47.0 Å². The molecule has 0 saturated carbocycles. The number of piperidine rings is 1. The molecule has 9 nitrogen and oxygen atoms in total. The molecule has 2 saturated heterocycles. The highest BCUT2D eigenvalue weighted by atomic mass is 127. The number of hydrogen-bond acceptors (Lipinski definition) is 4. The number of carbonyl (C=O) groups is 3. The molecule has 4 amide bonds. The Morgan fingerprint density at radius 1 is 1.29 bits per heavy atom. The van der Waals surface area contributed by atoms with E-state index in [1.807, 2.05) is 20.8 Å². The van der Waals surface area contributed by atoms with Crippen molar-refractivity contribution in [3.8, 4) is 0 Å². The Labute approximate surface area is 183 Å². The molecule has 0 aromatic carbocycles. The highest BCUT2D eigenvalue weighted by molar-refractivity contribution is 14.0. The van der Waals surface area contributed by atoms with Gasteiger partial charge in [-0.05, 0) is 46.5 Å². The van der Waals surface area contributed by atoms with E-state index in [0.29, 0.717) is 13.0 Å². The fourth-order valence-electron chi connectivity index (χ4n) is 3.61. The Morgan fingerprint density at radius 2 is 1.89 bits per heavy atom. The zero-order valence-electron chi connectivity index (χ0n) is 17.3. The lowest BCUT2D eigenvalue weighted by Crippen LogP contribution is -2.55. The summed E-state index contributed by atoms with van der Waals surface area (Å²) in [5, 5.41) is 11.3. The molecule has 0 aromatic heterocycles. The summed E-state index contributed by atoms with van der Waals surface area (Å²) in [7, 11) is 1.72. The van der Waals surface area contributed by atoms with Crippen molar-refractivity contribution in [3.05, 3.63) is 0 Å². The van der Waals surface area contributed by atoms with Gasteiger partial charge in [0.25, 0.3) is 5.91 Å². The number of carbonyl (C=O) groups excluding carboxylic acids is 3. The SMILES string of the molecule is CN=C(NCCC(=O)NC(C)(C)C)N1CCC(C2(C)NC(=O)NC2=O)CC1.I. The number of imide groups is 1. The second kappa shape index (κ2) is 9.75. The number of urea groups is 1. The van der Waals surface area contributed by atoms with Gasteiger partial charge in [0.15, 0.2) is 5.96 Å². The number of nitrogens with one attached hydrogen (secondary N) is 4. The summed E-state index contributed by atoms with van der Waals surface area (Å²) in [6.07, 6.45) is 1.92. The van der Waals surface area contributed by atoms with Gasteiger partial charge in [0.05, 0.1) is 0 Å². The summed E-state index contributed by atoms with van der Waals surface area (Å²) in [4.78, 5) is 41.9. The number of guanidine groups is 1. The molecular weight excluding hydrogens is 475 g/mol. The van der Waals surface area contributed by atoms with Crippen LogP contribution < -0.4 is 21.3 Å². The molecule has 160 valence electrons. The minimum atomic E-state index is -0.842. The van der Waals surface area contributed by atoms with Gasteiger partial charge in [-0.2, -0.15) is 0 Å². The quantitative estimate of drug-likeness (QED) is 0.194. The standard InChI is InChI=1S/C18H32N6O3.HI/c1-17(2,3)22-13(25)6-9-20-15(19-5)24-10-7-12(8-11-24)18(4)14(26)21-16(27)23-18;/h12H,6-11H2,1-5H3,(H,19,20)(H,22,25)(H2,21,23,26,27);1H. The molecule has 0 spiro atoms. The molecule has 2 fully saturated rings. The fraction of sp³-hybridized carbons (Fsp3) is 0.778. The highest BCUT2D eigenvalue weighted by Crippen LogP contribution is 2.30. The molecule has 1 unspecified atom stereocenters. The monoisotopic (exact) mass is 508 g/mol. The Morgan fingerprint density at radius 3 is 2.36 bits per heavy atom. The van der Waals surface area contributed by atoms with Crippen LogP contribution in [0, 0.1) is 5.92 Å². The molecule has 4 N–H and O–H groups in total. The fourth-order valence-corrected chi connectivity index (χ4v) is 3.61. The van der Waals surface area contributed by atoms with E-state index in [1.165, 1.54) is 0 Å². The van der Waals surface area contributed by atoms with Crippen LogP contribution in [0.5, 0.6) is 0 Å². The Balaban J connectivity index is 0.00000392. The van der Waals surface area contributed by atoms with Crippen molar-refractivity contribution in [2.24, 2.45) is 10.9 Å². The van der Waals surface area contributed by atoms with Crippen LogP contribution in [0.3, 0.4) is 0 Å². The first-order valence-electron chi connectivity index (χ1n) is 9.45. The van der Waals surface area contributed by atoms with Crippen molar-refractivity contribution in [3.63, 3.8) is 0 Å². The second-order valence-corrected chi connectivity index (χ2v) is 8.39. The number of amides is 4. The van der Waals surface area contributed by atoms with Crippen LogP contribution in [0.15, 0.2) is 4.99 Å². The highest BCUT2D eigenvalue weighted by Gasteiger charge is 2.48. The maximum absolute atomic E-state index is 12.1. The molecule has 2 aliphatic heterocycles. The third kappa shape index (κ3) is 6.21. The van der Waals surface area contributed by atoms with Crippen molar-refractivity contribution in [2.45, 2.75) is 58.0 Å². The van der Waals surface area contributed by atoms with Crippen LogP contribution in [-0.2, 0) is 9.59 Å². The van der Waals surface area contributed by atoms with E-state index in [9.17, 15) is 14.4 Å². The van der Waals surface area contributed by atoms with Gasteiger partial charge in [-0.15, -0.1) is 24.0 Å². The smallest absolute Gasteiger partial charge is 0.322 e. The summed E-state index contributed by atoms with van der Waals surface area (Å²) in [5.41, 5.74) is -1.08. The molecule has 0 radical (unpaired) electrons. The average molecular weight is 508 g/mol. The first-order chi connectivity index (χ1) is 12.5. The zero-order valence-corrected chi connectivity index (χ0v) is 19.7. The third-order valence-electron chi connectivity index (χ3n) is 5.04. The van der Waals surface area contributed by atoms with Crippen LogP contribution in [0.2, 0.25) is 0 Å². The van der Waals surface area contributed by atoms with Crippen LogP contribution in [0.25, 0.3) is 0 Å². The molecule has 28 heavy (non-hydrogen) atoms. The molecule has 1 atom stereocenters. The number of hydrogen-bond donors (Lipinski definition) is 4. The van der Waals surface area contributed by atoms with Crippen molar-refractivity contribution in [2.75, 3.05) is 26.7 Å². The number of likely N-dealkylation sites (tertiary alicyclic amines) is 1. The first-order valence-corrected chi connectivity index (χ1v) is 9.45. The lowest BCUT2D eigenvalue weighted by molar-refractivity contribution is -0.125. The Kier molecular flexibility index (Phi) is 8.51. The Bertz CT molecular complexity index is 625. The van der Waals surface area contributed by atoms with Gasteiger partial charge in [-0.1, -0.05) is 0 Å². The van der Waals surface area contributed by atoms with Gasteiger partial charge in [0, 0.05) is 38.6 Å². The topological polar surface area (TPSA) is 115 Å². The summed E-state index contributed by atoms with van der Waals surface area (Å²) < 4.78 is 0. The van der Waals surface area contributed by atoms with E-state index in [-0.39, 0.29) is 47.2 Å². The van der Waals surface area contributed by atoms with Gasteiger partial charge in [-0.3, -0.25) is 19.9 Å². The summed E-state index contributed by atoms with van der Waals surface area (Å²) in [6.45, 7) is 9.62. The molecule has 2 rings (SSSR count). The van der Waals surface area contributed by atoms with E-state index in [2.05, 4.69) is 31.2 Å². The number of rotatable bonds is 4. The maximum Gasteiger partial charge on any atom is 0.322 e. The Hall–Kier alpha value is -1.59. The van der Waals surface area contributed by atoms with Crippen LogP contribution in [-0.4, -0.2) is 66.5 Å². The van der Waals surface area contributed by atoms with Crippen LogP contribution in [0.4, 0.5) is 4.79 Å². The molecule has 2 heterocycles. The van der Waals surface area contributed by atoms with Gasteiger partial charge >= 0.3 is 6.03 Å². The van der Waals surface area contributed by atoms with Crippen molar-refractivity contribution in [1.29, 1.82) is 0 Å². The molecule has 2 aliphatic rings. The molecular formula is C18H33IN6O3. The van der Waals surface area contributed by atoms with E-state index in [0.717, 1.165) is 31.9 Å². The summed E-state index contributed by atoms with van der Waals surface area (Å²) in [6, 6.07) is -0.420. The number of halogens is 1. The van der Waals surface area contributed by atoms with E-state index in [4.69, 9.17) is 0 Å². The predicted octanol–water partition coefficient (Wildman–Crippen LogP) is 0.795. The van der Waals surface area contributed by atoms with Gasteiger partial charge in [0.1, 0.15) is 5.54 Å². The normalized spacial score (nSPS) is 23.6. The molecule has 10 heteroatoms. The largest absolute Gasteiger partial charge is 0.356 e. The van der Waals surface area contributed by atoms with Crippen molar-refractivity contribution >= 4 is 47.8 Å². The van der Waals surface area contributed by atoms with Crippen molar-refractivity contribution < 1.29 is 14.4 Å². The second-order valence-electron chi connectivity index (χ2n) is 8.39. The summed E-state index contributed by atoms with van der Waals surface area (Å²) in [5.74, 6) is 0.580. The predicted molar refractivity (Wildman–Crippen MR) is 119 cm³/mol. The first kappa shape index (κ1) is 24.4. The third-order valence-corrected chi connectivity index (χ3v) is 5.04.